The van der Waals surface area contributed by atoms with E-state index in [0.717, 1.165) is 6.54 Å². The van der Waals surface area contributed by atoms with Crippen molar-refractivity contribution in [2.45, 2.75) is 19.1 Å². The zero-order valence-electron chi connectivity index (χ0n) is 11.5. The SMILES string of the molecule is CC(N)C1CN(CC(=O)Nc2cccc(Cl)c2)CCO1. The van der Waals surface area contributed by atoms with E-state index < -0.39 is 0 Å². The monoisotopic (exact) mass is 297 g/mol. The van der Waals surface area contributed by atoms with E-state index in [-0.39, 0.29) is 18.1 Å². The Morgan fingerprint density at radius 1 is 1.65 bits per heavy atom. The Bertz CT molecular complexity index is 467. The van der Waals surface area contributed by atoms with Crippen LogP contribution in [-0.2, 0) is 9.53 Å². The van der Waals surface area contributed by atoms with Crippen LogP contribution in [0, 0.1) is 0 Å². The standard InChI is InChI=1S/C14H20ClN3O2/c1-10(16)13-8-18(5-6-20-13)9-14(19)17-12-4-2-3-11(15)7-12/h2-4,7,10,13H,5-6,8-9,16H2,1H3,(H,17,19). The molecule has 1 aromatic rings. The van der Waals surface area contributed by atoms with Crippen molar-refractivity contribution in [3.63, 3.8) is 0 Å². The van der Waals surface area contributed by atoms with E-state index in [1.165, 1.54) is 0 Å². The van der Waals surface area contributed by atoms with Gasteiger partial charge in [0.15, 0.2) is 0 Å². The number of benzene rings is 1. The Labute approximate surface area is 124 Å². The van der Waals surface area contributed by atoms with E-state index in [1.807, 2.05) is 13.0 Å². The molecule has 0 aromatic heterocycles. The number of nitrogens with one attached hydrogen (secondary N) is 1. The van der Waals surface area contributed by atoms with Crippen molar-refractivity contribution in [1.82, 2.24) is 4.90 Å². The van der Waals surface area contributed by atoms with Gasteiger partial charge in [-0.05, 0) is 25.1 Å². The molecule has 1 aromatic carbocycles. The number of carbonyl (C=O) groups excluding carboxylic acids is 1. The maximum atomic E-state index is 12.0. The van der Waals surface area contributed by atoms with Crippen molar-refractivity contribution >= 4 is 23.2 Å². The normalized spacial score (nSPS) is 21.4. The van der Waals surface area contributed by atoms with E-state index in [9.17, 15) is 4.79 Å². The molecule has 1 amide bonds. The zero-order chi connectivity index (χ0) is 14.5. The summed E-state index contributed by atoms with van der Waals surface area (Å²) < 4.78 is 5.57. The number of carbonyl (C=O) groups is 1. The van der Waals surface area contributed by atoms with Crippen LogP contribution in [-0.4, -0.2) is 49.2 Å². The van der Waals surface area contributed by atoms with Gasteiger partial charge in [-0.15, -0.1) is 0 Å². The molecule has 0 aliphatic carbocycles. The van der Waals surface area contributed by atoms with Gasteiger partial charge in [-0.2, -0.15) is 0 Å². The highest BCUT2D eigenvalue weighted by Gasteiger charge is 2.24. The van der Waals surface area contributed by atoms with Gasteiger partial charge >= 0.3 is 0 Å². The molecule has 2 atom stereocenters. The average Bonchev–Trinajstić information content (AvgIpc) is 2.38. The highest BCUT2D eigenvalue weighted by molar-refractivity contribution is 6.30. The molecular formula is C14H20ClN3O2. The lowest BCUT2D eigenvalue weighted by Gasteiger charge is -2.34. The number of amides is 1. The second-order valence-electron chi connectivity index (χ2n) is 5.06. The van der Waals surface area contributed by atoms with E-state index in [4.69, 9.17) is 22.1 Å². The summed E-state index contributed by atoms with van der Waals surface area (Å²) in [6.45, 7) is 4.28. The van der Waals surface area contributed by atoms with Crippen molar-refractivity contribution in [1.29, 1.82) is 0 Å². The summed E-state index contributed by atoms with van der Waals surface area (Å²) >= 11 is 5.88. The predicted octanol–water partition coefficient (Wildman–Crippen LogP) is 1.33. The van der Waals surface area contributed by atoms with E-state index in [1.54, 1.807) is 18.2 Å². The molecule has 1 heterocycles. The summed E-state index contributed by atoms with van der Waals surface area (Å²) in [7, 11) is 0. The third-order valence-electron chi connectivity index (χ3n) is 3.24. The largest absolute Gasteiger partial charge is 0.374 e. The molecule has 20 heavy (non-hydrogen) atoms. The number of rotatable bonds is 4. The van der Waals surface area contributed by atoms with Crippen molar-refractivity contribution in [3.8, 4) is 0 Å². The molecular weight excluding hydrogens is 278 g/mol. The van der Waals surface area contributed by atoms with Gasteiger partial charge in [-0.1, -0.05) is 17.7 Å². The molecule has 2 unspecified atom stereocenters. The summed E-state index contributed by atoms with van der Waals surface area (Å²) in [5.74, 6) is -0.0578. The third-order valence-corrected chi connectivity index (χ3v) is 3.47. The van der Waals surface area contributed by atoms with Gasteiger partial charge in [0.05, 0.1) is 19.3 Å². The zero-order valence-corrected chi connectivity index (χ0v) is 12.3. The summed E-state index contributed by atoms with van der Waals surface area (Å²) in [5, 5.41) is 3.44. The van der Waals surface area contributed by atoms with Crippen molar-refractivity contribution in [3.05, 3.63) is 29.3 Å². The summed E-state index contributed by atoms with van der Waals surface area (Å²) in [6, 6.07) is 7.08. The van der Waals surface area contributed by atoms with Crippen LogP contribution in [0.3, 0.4) is 0 Å². The Balaban J connectivity index is 1.85. The van der Waals surface area contributed by atoms with Crippen molar-refractivity contribution in [2.24, 2.45) is 5.73 Å². The Kier molecular flexibility index (Phi) is 5.37. The van der Waals surface area contributed by atoms with Gasteiger partial charge in [-0.3, -0.25) is 9.69 Å². The molecule has 0 bridgehead atoms. The van der Waals surface area contributed by atoms with E-state index in [0.29, 0.717) is 30.4 Å². The second kappa shape index (κ2) is 7.04. The fourth-order valence-corrected chi connectivity index (χ4v) is 2.35. The Morgan fingerprint density at radius 3 is 3.15 bits per heavy atom. The van der Waals surface area contributed by atoms with Gasteiger partial charge in [-0.25, -0.2) is 0 Å². The average molecular weight is 298 g/mol. The molecule has 1 fully saturated rings. The Morgan fingerprint density at radius 2 is 2.45 bits per heavy atom. The van der Waals surface area contributed by atoms with Crippen molar-refractivity contribution in [2.75, 3.05) is 31.6 Å². The first kappa shape index (κ1) is 15.3. The molecule has 110 valence electrons. The van der Waals surface area contributed by atoms with E-state index in [2.05, 4.69) is 10.2 Å². The van der Waals surface area contributed by atoms with Crippen LogP contribution in [0.4, 0.5) is 5.69 Å². The predicted molar refractivity (Wildman–Crippen MR) is 79.9 cm³/mol. The van der Waals surface area contributed by atoms with Crippen LogP contribution < -0.4 is 11.1 Å². The van der Waals surface area contributed by atoms with Gasteiger partial charge in [0, 0.05) is 29.8 Å². The smallest absolute Gasteiger partial charge is 0.238 e. The van der Waals surface area contributed by atoms with Crippen LogP contribution in [0.2, 0.25) is 5.02 Å². The number of morpholine rings is 1. The lowest BCUT2D eigenvalue weighted by Crippen LogP contribution is -2.51. The first-order chi connectivity index (χ1) is 9.54. The van der Waals surface area contributed by atoms with Crippen LogP contribution in [0.5, 0.6) is 0 Å². The minimum Gasteiger partial charge on any atom is -0.374 e. The molecule has 1 aliphatic rings. The molecule has 0 spiro atoms. The topological polar surface area (TPSA) is 67.6 Å². The number of hydrogen-bond acceptors (Lipinski definition) is 4. The quantitative estimate of drug-likeness (QED) is 0.880. The molecule has 1 saturated heterocycles. The fraction of sp³-hybridized carbons (Fsp3) is 0.500. The van der Waals surface area contributed by atoms with Crippen LogP contribution in [0.1, 0.15) is 6.92 Å². The Hall–Kier alpha value is -1.14. The molecule has 3 N–H and O–H groups in total. The first-order valence-corrected chi connectivity index (χ1v) is 7.07. The van der Waals surface area contributed by atoms with Crippen LogP contribution in [0.15, 0.2) is 24.3 Å². The molecule has 1 aliphatic heterocycles. The number of ether oxygens (including phenoxy) is 1. The number of nitrogens with zero attached hydrogens (tertiary/aromatic N) is 1. The number of hydrogen-bond donors (Lipinski definition) is 2. The second-order valence-corrected chi connectivity index (χ2v) is 5.50. The van der Waals surface area contributed by atoms with Gasteiger partial charge in [0.25, 0.3) is 0 Å². The minimum absolute atomic E-state index is 0.0114. The van der Waals surface area contributed by atoms with Crippen molar-refractivity contribution < 1.29 is 9.53 Å². The third kappa shape index (κ3) is 4.45. The highest BCUT2D eigenvalue weighted by atomic mass is 35.5. The number of anilines is 1. The van der Waals surface area contributed by atoms with Gasteiger partial charge in [0.1, 0.15) is 0 Å². The molecule has 6 heteroatoms. The van der Waals surface area contributed by atoms with E-state index >= 15 is 0 Å². The number of halogens is 1. The summed E-state index contributed by atoms with van der Waals surface area (Å²) in [5.41, 5.74) is 6.54. The lowest BCUT2D eigenvalue weighted by molar-refractivity contribution is -0.119. The van der Waals surface area contributed by atoms with Crippen LogP contribution >= 0.6 is 11.6 Å². The first-order valence-electron chi connectivity index (χ1n) is 6.69. The maximum Gasteiger partial charge on any atom is 0.238 e. The van der Waals surface area contributed by atoms with Crippen LogP contribution in [0.25, 0.3) is 0 Å². The lowest BCUT2D eigenvalue weighted by atomic mass is 10.1. The summed E-state index contributed by atoms with van der Waals surface area (Å²) in [6.07, 6.45) is -0.0114. The van der Waals surface area contributed by atoms with Gasteiger partial charge < -0.3 is 15.8 Å². The molecule has 5 nitrogen and oxygen atoms in total. The fourth-order valence-electron chi connectivity index (χ4n) is 2.16. The molecule has 0 saturated carbocycles. The van der Waals surface area contributed by atoms with Gasteiger partial charge in [0.2, 0.25) is 5.91 Å². The maximum absolute atomic E-state index is 12.0. The summed E-state index contributed by atoms with van der Waals surface area (Å²) in [4.78, 5) is 14.1. The molecule has 0 radical (unpaired) electrons. The minimum atomic E-state index is -0.0578. The molecule has 2 rings (SSSR count). The highest BCUT2D eigenvalue weighted by Crippen LogP contribution is 2.15. The number of nitrogens with two attached hydrogens (primary N) is 1.